The summed E-state index contributed by atoms with van der Waals surface area (Å²) in [5.41, 5.74) is 1.27. The van der Waals surface area contributed by atoms with Gasteiger partial charge in [-0.25, -0.2) is 0 Å². The summed E-state index contributed by atoms with van der Waals surface area (Å²) >= 11 is 1.16. The van der Waals surface area contributed by atoms with Crippen molar-refractivity contribution in [2.24, 2.45) is 0 Å². The van der Waals surface area contributed by atoms with Gasteiger partial charge in [0.2, 0.25) is 0 Å². The molecule has 0 saturated heterocycles. The third kappa shape index (κ3) is 4.09. The van der Waals surface area contributed by atoms with Crippen LogP contribution in [-0.2, 0) is 6.42 Å². The van der Waals surface area contributed by atoms with Crippen molar-refractivity contribution >= 4 is 17.0 Å². The highest BCUT2D eigenvalue weighted by atomic mass is 32.2. The van der Waals surface area contributed by atoms with Crippen molar-refractivity contribution in [3.63, 3.8) is 0 Å². The Morgan fingerprint density at radius 2 is 2.13 bits per heavy atom. The fourth-order valence-corrected chi connectivity index (χ4v) is 1.69. The van der Waals surface area contributed by atoms with Crippen molar-refractivity contribution < 1.29 is 4.79 Å². The summed E-state index contributed by atoms with van der Waals surface area (Å²) in [5, 5.41) is 2.48. The lowest BCUT2D eigenvalue weighted by molar-refractivity contribution is 0.261. The van der Waals surface area contributed by atoms with E-state index in [0.717, 1.165) is 23.1 Å². The second-order valence-corrected chi connectivity index (χ2v) is 3.99. The van der Waals surface area contributed by atoms with Crippen LogP contribution in [0.1, 0.15) is 12.5 Å². The Morgan fingerprint density at radius 1 is 1.47 bits per heavy atom. The molecule has 0 saturated carbocycles. The van der Waals surface area contributed by atoms with E-state index in [2.05, 4.69) is 18.2 Å². The molecule has 0 radical (unpaired) electrons. The van der Waals surface area contributed by atoms with Crippen molar-refractivity contribution in [3.8, 4) is 12.3 Å². The predicted molar refractivity (Wildman–Crippen MR) is 63.9 cm³/mol. The van der Waals surface area contributed by atoms with Crippen LogP contribution in [0.25, 0.3) is 0 Å². The number of carbonyl (C=O) groups excluding carboxylic acids is 1. The number of rotatable bonds is 3. The van der Waals surface area contributed by atoms with Gasteiger partial charge in [0.15, 0.2) is 0 Å². The Labute approximate surface area is 94.5 Å². The monoisotopic (exact) mass is 219 g/mol. The molecule has 1 aromatic carbocycles. The molecule has 0 spiro atoms. The highest BCUT2D eigenvalue weighted by Crippen LogP contribution is 2.18. The Kier molecular flexibility index (Phi) is 4.79. The largest absolute Gasteiger partial charge is 0.336 e. The molecule has 15 heavy (non-hydrogen) atoms. The van der Waals surface area contributed by atoms with Crippen molar-refractivity contribution in [2.45, 2.75) is 18.2 Å². The van der Waals surface area contributed by atoms with E-state index in [1.54, 1.807) is 0 Å². The van der Waals surface area contributed by atoms with Gasteiger partial charge >= 0.3 is 0 Å². The zero-order chi connectivity index (χ0) is 11.1. The minimum absolute atomic E-state index is 0.114. The summed E-state index contributed by atoms with van der Waals surface area (Å²) in [6.45, 7) is 2.38. The number of aryl methyl sites for hydroxylation is 1. The number of hydrogen-bond acceptors (Lipinski definition) is 2. The molecule has 1 amide bonds. The highest BCUT2D eigenvalue weighted by molar-refractivity contribution is 8.13. The Bertz CT molecular complexity index is 364. The first kappa shape index (κ1) is 11.7. The van der Waals surface area contributed by atoms with Gasteiger partial charge in [-0.05, 0) is 35.9 Å². The Morgan fingerprint density at radius 3 is 2.67 bits per heavy atom. The lowest BCUT2D eigenvalue weighted by Gasteiger charge is -2.02. The van der Waals surface area contributed by atoms with Crippen LogP contribution in [0, 0.1) is 12.3 Å². The summed E-state index contributed by atoms with van der Waals surface area (Å²) in [4.78, 5) is 12.2. The third-order valence-corrected chi connectivity index (χ3v) is 2.71. The molecule has 0 atom stereocenters. The summed E-state index contributed by atoms with van der Waals surface area (Å²) in [5.74, 6) is 2.36. The second-order valence-electron chi connectivity index (χ2n) is 2.94. The van der Waals surface area contributed by atoms with Crippen LogP contribution < -0.4 is 5.32 Å². The van der Waals surface area contributed by atoms with Gasteiger partial charge in [0, 0.05) is 4.90 Å². The topological polar surface area (TPSA) is 29.1 Å². The molecule has 0 aromatic heterocycles. The molecule has 0 heterocycles. The summed E-state index contributed by atoms with van der Waals surface area (Å²) in [6, 6.07) is 7.94. The van der Waals surface area contributed by atoms with E-state index in [9.17, 15) is 4.79 Å². The molecular formula is C12H13NOS. The predicted octanol–water partition coefficient (Wildman–Crippen LogP) is 2.68. The normalized spacial score (nSPS) is 9.33. The molecule has 0 aliphatic carbocycles. The van der Waals surface area contributed by atoms with E-state index >= 15 is 0 Å². The first-order valence-corrected chi connectivity index (χ1v) is 5.56. The van der Waals surface area contributed by atoms with Gasteiger partial charge in [-0.15, -0.1) is 6.42 Å². The number of nitrogens with one attached hydrogen (secondary N) is 1. The molecule has 0 aliphatic heterocycles. The van der Waals surface area contributed by atoms with Gasteiger partial charge < -0.3 is 5.32 Å². The number of hydrogen-bond donors (Lipinski definition) is 1. The smallest absolute Gasteiger partial charge is 0.284 e. The zero-order valence-electron chi connectivity index (χ0n) is 8.62. The molecule has 1 rings (SSSR count). The number of benzene rings is 1. The number of thioether (sulfide) groups is 1. The van der Waals surface area contributed by atoms with Crippen LogP contribution in [0.2, 0.25) is 0 Å². The van der Waals surface area contributed by atoms with E-state index in [4.69, 9.17) is 6.42 Å². The molecule has 0 unspecified atom stereocenters. The van der Waals surface area contributed by atoms with Crippen molar-refractivity contribution in [2.75, 3.05) is 6.54 Å². The van der Waals surface area contributed by atoms with Crippen molar-refractivity contribution in [3.05, 3.63) is 29.8 Å². The minimum atomic E-state index is -0.114. The third-order valence-electron chi connectivity index (χ3n) is 1.88. The van der Waals surface area contributed by atoms with E-state index in [1.807, 2.05) is 24.3 Å². The first-order chi connectivity index (χ1) is 7.26. The maximum Gasteiger partial charge on any atom is 0.284 e. The minimum Gasteiger partial charge on any atom is -0.336 e. The zero-order valence-corrected chi connectivity index (χ0v) is 9.43. The number of amides is 1. The first-order valence-electron chi connectivity index (χ1n) is 4.74. The summed E-state index contributed by atoms with van der Waals surface area (Å²) < 4.78 is 0. The molecule has 1 aromatic rings. The summed E-state index contributed by atoms with van der Waals surface area (Å²) in [6.07, 6.45) is 6.04. The molecule has 2 nitrogen and oxygen atoms in total. The average molecular weight is 219 g/mol. The van der Waals surface area contributed by atoms with Gasteiger partial charge in [-0.3, -0.25) is 4.79 Å². The van der Waals surface area contributed by atoms with Gasteiger partial charge in [-0.1, -0.05) is 25.0 Å². The second kappa shape index (κ2) is 6.15. The lowest BCUT2D eigenvalue weighted by Crippen LogP contribution is -2.18. The molecule has 0 fully saturated rings. The number of carbonyl (C=O) groups is 1. The SMILES string of the molecule is C#CCNC(=O)Sc1ccc(CC)cc1. The fraction of sp³-hybridized carbons (Fsp3) is 0.250. The molecule has 3 heteroatoms. The lowest BCUT2D eigenvalue weighted by atomic mass is 10.2. The van der Waals surface area contributed by atoms with Gasteiger partial charge in [0.1, 0.15) is 0 Å². The molecular weight excluding hydrogens is 206 g/mol. The molecule has 0 aliphatic rings. The van der Waals surface area contributed by atoms with Crippen LogP contribution in [0.3, 0.4) is 0 Å². The summed E-state index contributed by atoms with van der Waals surface area (Å²) in [7, 11) is 0. The maximum atomic E-state index is 11.3. The quantitative estimate of drug-likeness (QED) is 0.625. The molecule has 1 N–H and O–H groups in total. The van der Waals surface area contributed by atoms with E-state index in [0.29, 0.717) is 0 Å². The van der Waals surface area contributed by atoms with Crippen molar-refractivity contribution in [1.29, 1.82) is 0 Å². The van der Waals surface area contributed by atoms with Crippen LogP contribution in [0.15, 0.2) is 29.2 Å². The van der Waals surface area contributed by atoms with Crippen molar-refractivity contribution in [1.82, 2.24) is 5.32 Å². The fourth-order valence-electron chi connectivity index (χ4n) is 1.06. The van der Waals surface area contributed by atoms with E-state index in [1.165, 1.54) is 5.56 Å². The van der Waals surface area contributed by atoms with Gasteiger partial charge in [0.25, 0.3) is 5.24 Å². The number of terminal acetylenes is 1. The Balaban J connectivity index is 2.50. The van der Waals surface area contributed by atoms with Crippen LogP contribution in [0.4, 0.5) is 4.79 Å². The average Bonchev–Trinajstić information content (AvgIpc) is 2.27. The standard InChI is InChI=1S/C12H13NOS/c1-3-9-13-12(14)15-11-7-5-10(4-2)6-8-11/h1,5-8H,4,9H2,2H3,(H,13,14). The molecule has 0 bridgehead atoms. The van der Waals surface area contributed by atoms with Crippen LogP contribution in [0.5, 0.6) is 0 Å². The van der Waals surface area contributed by atoms with E-state index < -0.39 is 0 Å². The van der Waals surface area contributed by atoms with Gasteiger partial charge in [0.05, 0.1) is 6.54 Å². The Hall–Kier alpha value is -1.40. The maximum absolute atomic E-state index is 11.3. The highest BCUT2D eigenvalue weighted by Gasteiger charge is 2.02. The van der Waals surface area contributed by atoms with Crippen LogP contribution in [-0.4, -0.2) is 11.8 Å². The van der Waals surface area contributed by atoms with Crippen LogP contribution >= 0.6 is 11.8 Å². The van der Waals surface area contributed by atoms with Gasteiger partial charge in [-0.2, -0.15) is 0 Å². The molecule has 78 valence electrons. The van der Waals surface area contributed by atoms with E-state index in [-0.39, 0.29) is 11.8 Å².